The van der Waals surface area contributed by atoms with Gasteiger partial charge < -0.3 is 4.90 Å². The summed E-state index contributed by atoms with van der Waals surface area (Å²) in [4.78, 5) is 18.9. The Bertz CT molecular complexity index is 617. The molecular weight excluding hydrogens is 308 g/mol. The van der Waals surface area contributed by atoms with Crippen LogP contribution >= 0.6 is 11.8 Å². The van der Waals surface area contributed by atoms with Crippen LogP contribution in [0.5, 0.6) is 0 Å². The highest BCUT2D eigenvalue weighted by atomic mass is 32.2. The normalized spacial score (nSPS) is 15.8. The van der Waals surface area contributed by atoms with Crippen molar-refractivity contribution in [3.63, 3.8) is 0 Å². The summed E-state index contributed by atoms with van der Waals surface area (Å²) in [5.41, 5.74) is 1.30. The lowest BCUT2D eigenvalue weighted by Gasteiger charge is -2.31. The molecule has 0 aromatic heterocycles. The second kappa shape index (κ2) is 8.59. The van der Waals surface area contributed by atoms with E-state index in [1.54, 1.807) is 6.07 Å². The SMILES string of the molecule is CSC(=Nc1cccc(C(=O)N(C)C2CCCCC2)c1)NC#N. The summed E-state index contributed by atoms with van der Waals surface area (Å²) in [6, 6.07) is 7.58. The number of amidine groups is 1. The molecule has 122 valence electrons. The van der Waals surface area contributed by atoms with Gasteiger partial charge in [0, 0.05) is 18.7 Å². The van der Waals surface area contributed by atoms with Gasteiger partial charge in [-0.3, -0.25) is 10.1 Å². The fraction of sp³-hybridized carbons (Fsp3) is 0.471. The highest BCUT2D eigenvalue weighted by Gasteiger charge is 2.23. The first-order valence-corrected chi connectivity index (χ1v) is 9.03. The molecule has 0 atom stereocenters. The number of thioether (sulfide) groups is 1. The molecule has 2 rings (SSSR count). The zero-order chi connectivity index (χ0) is 16.7. The fourth-order valence-corrected chi connectivity index (χ4v) is 3.18. The summed E-state index contributed by atoms with van der Waals surface area (Å²) in [5.74, 6) is 0.0351. The number of hydrogen-bond donors (Lipinski definition) is 1. The van der Waals surface area contributed by atoms with E-state index in [4.69, 9.17) is 5.26 Å². The van der Waals surface area contributed by atoms with E-state index in [0.717, 1.165) is 12.8 Å². The molecule has 1 aromatic rings. The number of aliphatic imine (C=N–C) groups is 1. The summed E-state index contributed by atoms with van der Waals surface area (Å²) < 4.78 is 0. The first kappa shape index (κ1) is 17.4. The summed E-state index contributed by atoms with van der Waals surface area (Å²) in [6.45, 7) is 0. The number of nitriles is 1. The highest BCUT2D eigenvalue weighted by Crippen LogP contribution is 2.24. The number of hydrogen-bond acceptors (Lipinski definition) is 4. The van der Waals surface area contributed by atoms with Crippen LogP contribution in [0, 0.1) is 11.5 Å². The van der Waals surface area contributed by atoms with Gasteiger partial charge in [-0.1, -0.05) is 37.1 Å². The van der Waals surface area contributed by atoms with Crippen molar-refractivity contribution in [1.82, 2.24) is 10.2 Å². The van der Waals surface area contributed by atoms with Gasteiger partial charge in [-0.05, 0) is 37.3 Å². The van der Waals surface area contributed by atoms with Crippen molar-refractivity contribution in [2.24, 2.45) is 4.99 Å². The van der Waals surface area contributed by atoms with Crippen molar-refractivity contribution in [2.45, 2.75) is 38.1 Å². The van der Waals surface area contributed by atoms with Crippen LogP contribution in [-0.4, -0.2) is 35.3 Å². The van der Waals surface area contributed by atoms with Crippen molar-refractivity contribution >= 4 is 28.5 Å². The third-order valence-corrected chi connectivity index (χ3v) is 4.70. The Balaban J connectivity index is 2.15. The molecule has 1 amide bonds. The minimum Gasteiger partial charge on any atom is -0.339 e. The van der Waals surface area contributed by atoms with Gasteiger partial charge in [0.05, 0.1) is 5.69 Å². The average molecular weight is 330 g/mol. The molecule has 0 heterocycles. The quantitative estimate of drug-likeness (QED) is 0.398. The predicted octanol–water partition coefficient (Wildman–Crippen LogP) is 3.51. The van der Waals surface area contributed by atoms with E-state index in [-0.39, 0.29) is 5.91 Å². The molecule has 1 fully saturated rings. The van der Waals surface area contributed by atoms with Gasteiger partial charge in [-0.25, -0.2) is 4.99 Å². The van der Waals surface area contributed by atoms with Crippen molar-refractivity contribution in [2.75, 3.05) is 13.3 Å². The molecule has 1 saturated carbocycles. The van der Waals surface area contributed by atoms with Crippen LogP contribution in [0.4, 0.5) is 5.69 Å². The van der Waals surface area contributed by atoms with E-state index in [9.17, 15) is 4.79 Å². The molecule has 0 aliphatic heterocycles. The number of benzene rings is 1. The van der Waals surface area contributed by atoms with E-state index in [1.807, 2.05) is 42.6 Å². The Morgan fingerprint density at radius 2 is 2.13 bits per heavy atom. The Morgan fingerprint density at radius 1 is 1.39 bits per heavy atom. The summed E-state index contributed by atoms with van der Waals surface area (Å²) in [7, 11) is 1.89. The van der Waals surface area contributed by atoms with Gasteiger partial charge in [0.1, 0.15) is 0 Å². The van der Waals surface area contributed by atoms with E-state index < -0.39 is 0 Å². The standard InChI is InChI=1S/C17H22N4OS/c1-21(15-9-4-3-5-10-15)16(22)13-7-6-8-14(11-13)20-17(23-2)19-12-18/h6-8,11,15H,3-5,9-10H2,1-2H3,(H,19,20). The Kier molecular flexibility index (Phi) is 6.48. The molecule has 0 spiro atoms. The molecular formula is C17H22N4OS. The van der Waals surface area contributed by atoms with Gasteiger partial charge in [-0.2, -0.15) is 5.26 Å². The predicted molar refractivity (Wildman–Crippen MR) is 94.8 cm³/mol. The topological polar surface area (TPSA) is 68.5 Å². The zero-order valence-corrected chi connectivity index (χ0v) is 14.4. The van der Waals surface area contributed by atoms with Crippen LogP contribution in [0.1, 0.15) is 42.5 Å². The number of carbonyl (C=O) groups is 1. The van der Waals surface area contributed by atoms with E-state index in [2.05, 4.69) is 10.3 Å². The van der Waals surface area contributed by atoms with Crippen molar-refractivity contribution in [3.8, 4) is 6.19 Å². The van der Waals surface area contributed by atoms with Crippen LogP contribution < -0.4 is 5.32 Å². The fourth-order valence-electron chi connectivity index (χ4n) is 2.84. The van der Waals surface area contributed by atoms with Crippen LogP contribution in [-0.2, 0) is 0 Å². The summed E-state index contributed by atoms with van der Waals surface area (Å²) in [6.07, 6.45) is 9.54. The summed E-state index contributed by atoms with van der Waals surface area (Å²) >= 11 is 1.35. The minimum absolute atomic E-state index is 0.0351. The molecule has 0 radical (unpaired) electrons. The second-order valence-corrected chi connectivity index (χ2v) is 6.41. The third-order valence-electron chi connectivity index (χ3n) is 4.12. The highest BCUT2D eigenvalue weighted by molar-refractivity contribution is 8.13. The minimum atomic E-state index is 0.0351. The first-order chi connectivity index (χ1) is 11.2. The maximum atomic E-state index is 12.7. The van der Waals surface area contributed by atoms with E-state index in [0.29, 0.717) is 22.5 Å². The number of carbonyl (C=O) groups excluding carboxylic acids is 1. The molecule has 5 nitrogen and oxygen atoms in total. The lowest BCUT2D eigenvalue weighted by molar-refractivity contribution is 0.0696. The maximum absolute atomic E-state index is 12.7. The molecule has 0 unspecified atom stereocenters. The molecule has 0 bridgehead atoms. The van der Waals surface area contributed by atoms with Crippen LogP contribution in [0.15, 0.2) is 29.3 Å². The lowest BCUT2D eigenvalue weighted by Crippen LogP contribution is -2.38. The second-order valence-electron chi connectivity index (χ2n) is 5.62. The van der Waals surface area contributed by atoms with Crippen LogP contribution in [0.3, 0.4) is 0 Å². The molecule has 1 aliphatic rings. The summed E-state index contributed by atoms with van der Waals surface area (Å²) in [5, 5.41) is 11.7. The lowest BCUT2D eigenvalue weighted by atomic mass is 9.94. The monoisotopic (exact) mass is 330 g/mol. The smallest absolute Gasteiger partial charge is 0.253 e. The van der Waals surface area contributed by atoms with Gasteiger partial charge in [0.25, 0.3) is 5.91 Å². The number of nitrogens with zero attached hydrogens (tertiary/aromatic N) is 3. The van der Waals surface area contributed by atoms with E-state index in [1.165, 1.54) is 31.0 Å². The Morgan fingerprint density at radius 3 is 2.78 bits per heavy atom. The van der Waals surface area contributed by atoms with Gasteiger partial charge in [0.2, 0.25) is 0 Å². The van der Waals surface area contributed by atoms with Crippen molar-refractivity contribution in [3.05, 3.63) is 29.8 Å². The number of nitrogens with one attached hydrogen (secondary N) is 1. The van der Waals surface area contributed by atoms with E-state index >= 15 is 0 Å². The van der Waals surface area contributed by atoms with Gasteiger partial charge in [0.15, 0.2) is 11.4 Å². The van der Waals surface area contributed by atoms with Crippen LogP contribution in [0.25, 0.3) is 0 Å². The number of rotatable bonds is 3. The first-order valence-electron chi connectivity index (χ1n) is 7.80. The zero-order valence-electron chi connectivity index (χ0n) is 13.6. The molecule has 0 saturated heterocycles. The maximum Gasteiger partial charge on any atom is 0.253 e. The van der Waals surface area contributed by atoms with Crippen LogP contribution in [0.2, 0.25) is 0 Å². The molecule has 23 heavy (non-hydrogen) atoms. The van der Waals surface area contributed by atoms with Gasteiger partial charge in [-0.15, -0.1) is 0 Å². The average Bonchev–Trinajstić information content (AvgIpc) is 2.61. The molecule has 1 N–H and O–H groups in total. The molecule has 1 aromatic carbocycles. The largest absolute Gasteiger partial charge is 0.339 e. The Labute approximate surface area is 141 Å². The van der Waals surface area contributed by atoms with Crippen molar-refractivity contribution < 1.29 is 4.79 Å². The Hall–Kier alpha value is -2.00. The van der Waals surface area contributed by atoms with Gasteiger partial charge >= 0.3 is 0 Å². The number of amides is 1. The van der Waals surface area contributed by atoms with Crippen molar-refractivity contribution in [1.29, 1.82) is 5.26 Å². The molecule has 6 heteroatoms. The third kappa shape index (κ3) is 4.73. The molecule has 1 aliphatic carbocycles.